The zero-order chi connectivity index (χ0) is 12.3. The number of rotatable bonds is 3. The van der Waals surface area contributed by atoms with Gasteiger partial charge in [-0.15, -0.1) is 0 Å². The molecule has 1 aliphatic heterocycles. The molecule has 2 atom stereocenters. The molecule has 2 rings (SSSR count). The third-order valence-electron chi connectivity index (χ3n) is 3.29. The molecule has 1 aromatic carbocycles. The van der Waals surface area contributed by atoms with Crippen LogP contribution < -0.4 is 10.1 Å². The van der Waals surface area contributed by atoms with Gasteiger partial charge in [-0.1, -0.05) is 12.1 Å². The molecule has 0 bridgehead atoms. The highest BCUT2D eigenvalue weighted by Gasteiger charge is 2.27. The maximum atomic E-state index is 11.0. The Morgan fingerprint density at radius 1 is 1.35 bits per heavy atom. The first-order valence-electron chi connectivity index (χ1n) is 5.78. The van der Waals surface area contributed by atoms with Crippen molar-refractivity contribution in [2.45, 2.75) is 12.3 Å². The highest BCUT2D eigenvalue weighted by Crippen LogP contribution is 2.27. The van der Waals surface area contributed by atoms with E-state index < -0.39 is 5.97 Å². The zero-order valence-corrected chi connectivity index (χ0v) is 9.85. The molecule has 1 aliphatic rings. The highest BCUT2D eigenvalue weighted by atomic mass is 16.5. The Morgan fingerprint density at radius 3 is 2.65 bits per heavy atom. The van der Waals surface area contributed by atoms with E-state index in [1.807, 2.05) is 24.3 Å². The van der Waals surface area contributed by atoms with Crippen LogP contribution in [0.2, 0.25) is 0 Å². The molecule has 0 aromatic heterocycles. The molecule has 1 saturated heterocycles. The first-order valence-corrected chi connectivity index (χ1v) is 5.78. The van der Waals surface area contributed by atoms with Crippen molar-refractivity contribution in [1.29, 1.82) is 0 Å². The van der Waals surface area contributed by atoms with Gasteiger partial charge in [0.05, 0.1) is 13.0 Å². The number of hydrogen-bond acceptors (Lipinski definition) is 3. The standard InChI is InChI=1S/C13H17NO3/c1-17-12-4-2-9(3-5-12)10-6-11(13(15)16)8-14-7-10/h2-5,10-11,14H,6-8H2,1H3,(H,15,16). The Labute approximate surface area is 101 Å². The molecule has 4 heteroatoms. The van der Waals surface area contributed by atoms with Gasteiger partial charge in [0.15, 0.2) is 0 Å². The summed E-state index contributed by atoms with van der Waals surface area (Å²) >= 11 is 0. The summed E-state index contributed by atoms with van der Waals surface area (Å²) in [5.74, 6) is 0.106. The average Bonchev–Trinajstić information content (AvgIpc) is 2.39. The topological polar surface area (TPSA) is 58.6 Å². The molecule has 0 spiro atoms. The largest absolute Gasteiger partial charge is 0.497 e. The number of piperidine rings is 1. The maximum absolute atomic E-state index is 11.0. The number of aliphatic carboxylic acids is 1. The van der Waals surface area contributed by atoms with Crippen LogP contribution in [0.4, 0.5) is 0 Å². The molecule has 17 heavy (non-hydrogen) atoms. The predicted molar refractivity (Wildman–Crippen MR) is 64.3 cm³/mol. The highest BCUT2D eigenvalue weighted by molar-refractivity contribution is 5.70. The molecule has 2 unspecified atom stereocenters. The van der Waals surface area contributed by atoms with Crippen molar-refractivity contribution in [3.63, 3.8) is 0 Å². The fraction of sp³-hybridized carbons (Fsp3) is 0.462. The van der Waals surface area contributed by atoms with Gasteiger partial charge in [-0.25, -0.2) is 0 Å². The van der Waals surface area contributed by atoms with Crippen LogP contribution >= 0.6 is 0 Å². The van der Waals surface area contributed by atoms with Crippen molar-refractivity contribution in [1.82, 2.24) is 5.32 Å². The zero-order valence-electron chi connectivity index (χ0n) is 9.85. The second-order valence-corrected chi connectivity index (χ2v) is 4.40. The van der Waals surface area contributed by atoms with Crippen molar-refractivity contribution in [2.24, 2.45) is 5.92 Å². The van der Waals surface area contributed by atoms with E-state index >= 15 is 0 Å². The summed E-state index contributed by atoms with van der Waals surface area (Å²) < 4.78 is 5.11. The van der Waals surface area contributed by atoms with Crippen LogP contribution in [0, 0.1) is 5.92 Å². The Balaban J connectivity index is 2.08. The third-order valence-corrected chi connectivity index (χ3v) is 3.29. The number of carboxylic acid groups (broad SMARTS) is 1. The van der Waals surface area contributed by atoms with Crippen LogP contribution in [-0.2, 0) is 4.79 Å². The maximum Gasteiger partial charge on any atom is 0.307 e. The quantitative estimate of drug-likeness (QED) is 0.833. The van der Waals surface area contributed by atoms with E-state index in [0.717, 1.165) is 12.3 Å². The van der Waals surface area contributed by atoms with Gasteiger partial charge in [-0.3, -0.25) is 4.79 Å². The van der Waals surface area contributed by atoms with E-state index in [9.17, 15) is 4.79 Å². The van der Waals surface area contributed by atoms with E-state index in [0.29, 0.717) is 13.0 Å². The number of carboxylic acids is 1. The number of ether oxygens (including phenoxy) is 1. The summed E-state index contributed by atoms with van der Waals surface area (Å²) in [7, 11) is 1.64. The van der Waals surface area contributed by atoms with E-state index in [1.54, 1.807) is 7.11 Å². The molecular weight excluding hydrogens is 218 g/mol. The van der Waals surface area contributed by atoms with E-state index in [4.69, 9.17) is 9.84 Å². The summed E-state index contributed by atoms with van der Waals surface area (Å²) in [5.41, 5.74) is 1.17. The van der Waals surface area contributed by atoms with Gasteiger partial charge < -0.3 is 15.2 Å². The summed E-state index contributed by atoms with van der Waals surface area (Å²) in [6.45, 7) is 1.41. The van der Waals surface area contributed by atoms with Crippen molar-refractivity contribution < 1.29 is 14.6 Å². The van der Waals surface area contributed by atoms with Gasteiger partial charge in [-0.2, -0.15) is 0 Å². The number of hydrogen-bond donors (Lipinski definition) is 2. The molecule has 2 N–H and O–H groups in total. The minimum Gasteiger partial charge on any atom is -0.497 e. The Bertz CT molecular complexity index is 388. The second-order valence-electron chi connectivity index (χ2n) is 4.40. The lowest BCUT2D eigenvalue weighted by Gasteiger charge is -2.28. The van der Waals surface area contributed by atoms with Crippen LogP contribution in [0.25, 0.3) is 0 Å². The Hall–Kier alpha value is -1.55. The SMILES string of the molecule is COc1ccc(C2CNCC(C(=O)O)C2)cc1. The monoisotopic (exact) mass is 235 g/mol. The van der Waals surface area contributed by atoms with Crippen LogP contribution in [-0.4, -0.2) is 31.3 Å². The minimum atomic E-state index is -0.712. The molecule has 4 nitrogen and oxygen atoms in total. The number of methoxy groups -OCH3 is 1. The predicted octanol–water partition coefficient (Wildman–Crippen LogP) is 1.47. The van der Waals surface area contributed by atoms with Gasteiger partial charge >= 0.3 is 5.97 Å². The minimum absolute atomic E-state index is 0.274. The van der Waals surface area contributed by atoms with Gasteiger partial charge in [0.2, 0.25) is 0 Å². The molecule has 1 fully saturated rings. The second kappa shape index (κ2) is 5.19. The summed E-state index contributed by atoms with van der Waals surface area (Å²) in [6.07, 6.45) is 0.703. The van der Waals surface area contributed by atoms with Gasteiger partial charge in [0.25, 0.3) is 0 Å². The smallest absolute Gasteiger partial charge is 0.307 e. The third kappa shape index (κ3) is 2.77. The Kier molecular flexibility index (Phi) is 3.64. The summed E-state index contributed by atoms with van der Waals surface area (Å²) in [6, 6.07) is 7.85. The molecule has 0 radical (unpaired) electrons. The average molecular weight is 235 g/mol. The van der Waals surface area contributed by atoms with E-state index in [2.05, 4.69) is 5.32 Å². The number of nitrogens with one attached hydrogen (secondary N) is 1. The van der Waals surface area contributed by atoms with Crippen LogP contribution in [0.3, 0.4) is 0 Å². The molecule has 0 saturated carbocycles. The lowest BCUT2D eigenvalue weighted by molar-refractivity contribution is -0.142. The normalized spacial score (nSPS) is 24.3. The fourth-order valence-corrected chi connectivity index (χ4v) is 2.26. The molecule has 0 amide bonds. The lowest BCUT2D eigenvalue weighted by atomic mass is 9.85. The van der Waals surface area contributed by atoms with Crippen LogP contribution in [0.15, 0.2) is 24.3 Å². The van der Waals surface area contributed by atoms with E-state index in [-0.39, 0.29) is 11.8 Å². The molecule has 1 heterocycles. The van der Waals surface area contributed by atoms with E-state index in [1.165, 1.54) is 5.56 Å². The molecular formula is C13H17NO3. The first kappa shape index (κ1) is 11.9. The number of carbonyl (C=O) groups is 1. The Morgan fingerprint density at radius 2 is 2.06 bits per heavy atom. The van der Waals surface area contributed by atoms with Gasteiger partial charge in [-0.05, 0) is 30.0 Å². The molecule has 92 valence electrons. The van der Waals surface area contributed by atoms with Crippen LogP contribution in [0.1, 0.15) is 17.9 Å². The van der Waals surface area contributed by atoms with Crippen LogP contribution in [0.5, 0.6) is 5.75 Å². The summed E-state index contributed by atoms with van der Waals surface area (Å²) in [5, 5.41) is 12.2. The first-order chi connectivity index (χ1) is 8.20. The van der Waals surface area contributed by atoms with Crippen molar-refractivity contribution in [3.8, 4) is 5.75 Å². The van der Waals surface area contributed by atoms with Crippen molar-refractivity contribution in [2.75, 3.05) is 20.2 Å². The van der Waals surface area contributed by atoms with Crippen molar-refractivity contribution >= 4 is 5.97 Å². The summed E-state index contributed by atoms with van der Waals surface area (Å²) in [4.78, 5) is 11.0. The van der Waals surface area contributed by atoms with Crippen molar-refractivity contribution in [3.05, 3.63) is 29.8 Å². The lowest BCUT2D eigenvalue weighted by Crippen LogP contribution is -2.38. The van der Waals surface area contributed by atoms with Gasteiger partial charge in [0.1, 0.15) is 5.75 Å². The number of benzene rings is 1. The molecule has 0 aliphatic carbocycles. The van der Waals surface area contributed by atoms with Gasteiger partial charge in [0, 0.05) is 13.1 Å². The molecule has 1 aromatic rings. The fourth-order valence-electron chi connectivity index (χ4n) is 2.26.